The van der Waals surface area contributed by atoms with Gasteiger partial charge in [0.2, 0.25) is 47.3 Å². The number of aromatic amines is 1. The number of ketones is 3. The van der Waals surface area contributed by atoms with Crippen LogP contribution in [0.4, 0.5) is 0 Å². The molecule has 0 spiro atoms. The molecule has 1 aliphatic carbocycles. The summed E-state index contributed by atoms with van der Waals surface area (Å²) in [6.07, 6.45) is 13.8. The van der Waals surface area contributed by atoms with Crippen molar-refractivity contribution in [1.29, 1.82) is 0 Å². The third kappa shape index (κ3) is 21.6. The van der Waals surface area contributed by atoms with Gasteiger partial charge in [-0.3, -0.25) is 52.9 Å². The van der Waals surface area contributed by atoms with E-state index in [1.54, 1.807) is 17.0 Å². The number of fused-ring (bicyclic) bond motifs is 1. The monoisotopic (exact) mass is 1440 g/mol. The quantitative estimate of drug-likeness (QED) is 0.0159. The lowest BCUT2D eigenvalue weighted by Crippen LogP contribution is -2.59. The molecular formula is C75H111N15O12P+. The first-order chi connectivity index (χ1) is 49.5. The molecule has 6 heterocycles. The van der Waals surface area contributed by atoms with E-state index in [-0.39, 0.29) is 118 Å². The van der Waals surface area contributed by atoms with Crippen LogP contribution >= 0.6 is 7.87 Å². The number of imidazole rings is 1. The number of guanidine groups is 1. The van der Waals surface area contributed by atoms with Gasteiger partial charge >= 0.3 is 7.87 Å². The van der Waals surface area contributed by atoms with Gasteiger partial charge in [-0.25, -0.2) is 4.98 Å². The van der Waals surface area contributed by atoms with Crippen molar-refractivity contribution in [3.63, 3.8) is 0 Å². The molecule has 7 amide bonds. The van der Waals surface area contributed by atoms with E-state index in [1.807, 2.05) is 65.0 Å². The minimum absolute atomic E-state index is 0.0500. The second-order valence-electron chi connectivity index (χ2n) is 29.5. The SMILES string of the molecule is CCNC(=O)[C@@H]1CCCN1C(=O)[C@H](CCCN=C(N)N[P+](N1CCCC1)(N1CCCC1)N1CCCC1)CC(=O)[C@@H](CC(=O)[C@H](CC(=O)[C@H](Cc1ccc(O)cc1)NC(=O)[C@H](CO)NC(=O)[C@H](CC1=CCc2ccccc21)NC(=O)[C@H](Cc1cnc[nH]1)NC(=O)[C@@H]1CCC(=O)N1)CC(C)C)CC(C)C. The average molecular weight is 1450 g/mol. The summed E-state index contributed by atoms with van der Waals surface area (Å²) in [5, 5.41) is 41.4. The number of nitrogens with two attached hydrogens (primary N) is 1. The smallest absolute Gasteiger partial charge is 0.332 e. The molecule has 1 aromatic heterocycles. The van der Waals surface area contributed by atoms with Crippen LogP contribution in [0.3, 0.4) is 0 Å². The van der Waals surface area contributed by atoms with Crippen LogP contribution in [0.5, 0.6) is 5.75 Å². The van der Waals surface area contributed by atoms with Crippen LogP contribution < -0.4 is 42.7 Å². The normalized spacial score (nSPS) is 20.2. The molecule has 9 atom stereocenters. The van der Waals surface area contributed by atoms with Crippen molar-refractivity contribution >= 4 is 78.1 Å². The van der Waals surface area contributed by atoms with E-state index in [2.05, 4.69) is 61.0 Å². The van der Waals surface area contributed by atoms with Crippen LogP contribution in [-0.2, 0) is 67.2 Å². The highest BCUT2D eigenvalue weighted by Crippen LogP contribution is 2.67. The van der Waals surface area contributed by atoms with Crippen molar-refractivity contribution in [1.82, 2.24) is 65.9 Å². The van der Waals surface area contributed by atoms with Gasteiger partial charge in [-0.2, -0.15) is 5.09 Å². The molecule has 6 aliphatic rings. The average Bonchev–Trinajstić information content (AvgIpc) is 1.53. The largest absolute Gasteiger partial charge is 0.508 e. The van der Waals surface area contributed by atoms with Crippen molar-refractivity contribution in [2.45, 2.75) is 206 Å². The molecule has 562 valence electrons. The maximum Gasteiger partial charge on any atom is 0.332 e. The number of aliphatic hydroxyl groups excluding tert-OH is 1. The number of likely N-dealkylation sites (tertiary alicyclic amines) is 1. The Balaban J connectivity index is 0.911. The van der Waals surface area contributed by atoms with E-state index in [0.717, 1.165) is 94.5 Å². The summed E-state index contributed by atoms with van der Waals surface area (Å²) in [4.78, 5) is 157. The lowest BCUT2D eigenvalue weighted by Gasteiger charge is -2.43. The van der Waals surface area contributed by atoms with Gasteiger partial charge in [-0.05, 0) is 149 Å². The first-order valence-corrected chi connectivity index (χ1v) is 39.2. The van der Waals surface area contributed by atoms with Gasteiger partial charge < -0.3 is 57.7 Å². The van der Waals surface area contributed by atoms with E-state index in [0.29, 0.717) is 62.4 Å². The van der Waals surface area contributed by atoms with Crippen LogP contribution in [0.1, 0.15) is 173 Å². The molecule has 9 rings (SSSR count). The van der Waals surface area contributed by atoms with E-state index in [1.165, 1.54) is 24.7 Å². The fourth-order valence-electron chi connectivity index (χ4n) is 15.6. The van der Waals surface area contributed by atoms with Gasteiger partial charge in [0.05, 0.1) is 19.0 Å². The van der Waals surface area contributed by atoms with E-state index >= 15 is 14.4 Å². The Kier molecular flexibility index (Phi) is 29.3. The molecule has 12 N–H and O–H groups in total. The van der Waals surface area contributed by atoms with Crippen LogP contribution in [0.15, 0.2) is 72.1 Å². The molecule has 27 nitrogen and oxygen atoms in total. The summed E-state index contributed by atoms with van der Waals surface area (Å²) >= 11 is 0. The molecule has 3 aromatic rings. The fraction of sp³-hybridized carbons (Fsp3) is 0.627. The number of nitrogens with zero attached hydrogens (tertiary/aromatic N) is 6. The minimum Gasteiger partial charge on any atom is -0.508 e. The Labute approximate surface area is 606 Å². The Morgan fingerprint density at radius 2 is 1.24 bits per heavy atom. The molecule has 0 bridgehead atoms. The molecule has 5 fully saturated rings. The van der Waals surface area contributed by atoms with Crippen molar-refractivity contribution < 1.29 is 58.2 Å². The number of carbonyl (C=O) groups excluding carboxylic acids is 10. The number of aromatic nitrogens is 2. The number of benzene rings is 2. The lowest BCUT2D eigenvalue weighted by atomic mass is 9.79. The van der Waals surface area contributed by atoms with Crippen molar-refractivity contribution in [2.24, 2.45) is 40.3 Å². The molecule has 5 aliphatic heterocycles. The predicted molar refractivity (Wildman–Crippen MR) is 393 cm³/mol. The van der Waals surface area contributed by atoms with Crippen molar-refractivity contribution in [3.8, 4) is 5.75 Å². The fourth-order valence-corrected chi connectivity index (χ4v) is 20.0. The van der Waals surface area contributed by atoms with Gasteiger partial charge in [-0.15, -0.1) is 14.0 Å². The van der Waals surface area contributed by atoms with Crippen LogP contribution in [-0.4, -0.2) is 206 Å². The van der Waals surface area contributed by atoms with E-state index in [4.69, 9.17) is 10.7 Å². The maximum absolute atomic E-state index is 15.1. The van der Waals surface area contributed by atoms with Crippen LogP contribution in [0.2, 0.25) is 0 Å². The third-order valence-corrected chi connectivity index (χ3v) is 24.9. The Bertz CT molecular complexity index is 3440. The first-order valence-electron chi connectivity index (χ1n) is 37.6. The van der Waals surface area contributed by atoms with Crippen LogP contribution in [0, 0.1) is 29.6 Å². The zero-order chi connectivity index (χ0) is 73.7. The summed E-state index contributed by atoms with van der Waals surface area (Å²) in [5.41, 5.74) is 10.5. The van der Waals surface area contributed by atoms with Gasteiger partial charge in [0, 0.05) is 127 Å². The molecule has 2 aromatic carbocycles. The Hall–Kier alpha value is -7.97. The second kappa shape index (κ2) is 38.2. The molecule has 103 heavy (non-hydrogen) atoms. The number of aliphatic hydroxyl groups is 1. The minimum atomic E-state index is -2.23. The number of rotatable bonds is 39. The number of phenols is 1. The number of carbonyl (C=O) groups is 10. The highest BCUT2D eigenvalue weighted by atomic mass is 31.2. The number of allylic oxidation sites excluding steroid dienone is 1. The molecule has 0 saturated carbocycles. The molecule has 0 radical (unpaired) electrons. The number of aromatic hydroxyl groups is 1. The number of Topliss-reactive ketones (excluding diaryl/α,β-unsaturated/α-hetero) is 3. The van der Waals surface area contributed by atoms with Gasteiger partial charge in [0.25, 0.3) is 0 Å². The summed E-state index contributed by atoms with van der Waals surface area (Å²) in [6.45, 7) is 15.6. The number of hydrogen-bond acceptors (Lipinski definition) is 17. The molecular weight excluding hydrogens is 1330 g/mol. The number of amides is 7. The first kappa shape index (κ1) is 79.2. The highest BCUT2D eigenvalue weighted by Gasteiger charge is 2.60. The third-order valence-electron chi connectivity index (χ3n) is 20.8. The van der Waals surface area contributed by atoms with E-state index in [9.17, 15) is 43.8 Å². The summed E-state index contributed by atoms with van der Waals surface area (Å²) < 4.78 is 7.87. The lowest BCUT2D eigenvalue weighted by molar-refractivity contribution is -0.143. The van der Waals surface area contributed by atoms with E-state index < -0.39 is 97.9 Å². The number of likely N-dealkylation sites (N-methyl/N-ethyl adjacent to an activating group) is 1. The highest BCUT2D eigenvalue weighted by molar-refractivity contribution is 7.67. The topological polar surface area (TPSA) is 375 Å². The Morgan fingerprint density at radius 1 is 0.670 bits per heavy atom. The van der Waals surface area contributed by atoms with Crippen LogP contribution in [0.25, 0.3) is 5.57 Å². The van der Waals surface area contributed by atoms with Crippen molar-refractivity contribution in [3.05, 3.63) is 89.5 Å². The number of phenolic OH excluding ortho intramolecular Hbond substituents is 1. The zero-order valence-corrected chi connectivity index (χ0v) is 61.7. The summed E-state index contributed by atoms with van der Waals surface area (Å²) in [6, 6.07) is 6.28. The zero-order valence-electron chi connectivity index (χ0n) is 60.8. The number of H-pyrrole nitrogens is 1. The van der Waals surface area contributed by atoms with Gasteiger partial charge in [0.1, 0.15) is 47.5 Å². The van der Waals surface area contributed by atoms with Gasteiger partial charge in [0.15, 0.2) is 5.78 Å². The van der Waals surface area contributed by atoms with Crippen molar-refractivity contribution in [2.75, 3.05) is 65.5 Å². The summed E-state index contributed by atoms with van der Waals surface area (Å²) in [5.74, 6) is -7.69. The van der Waals surface area contributed by atoms with Gasteiger partial charge in [-0.1, -0.05) is 70.2 Å². The second-order valence-corrected chi connectivity index (χ2v) is 32.6. The molecule has 0 unspecified atom stereocenters. The molecule has 5 saturated heterocycles. The number of aliphatic imine (C=N–C) groups is 1. The summed E-state index contributed by atoms with van der Waals surface area (Å²) in [7, 11) is -2.23. The molecule has 28 heteroatoms. The standard InChI is InChI=1S/C75H110N15O12P/c1-6-78-73(101)64-20-16-36-90(64)74(102)53(18-15-29-79-75(76)86-103(87-30-9-10-31-87,88-32-11-12-33-88)89-34-13-14-35-89)41-65(93)54(37-48(2)3)42-66(94)55(38-49(4)5)43-67(95)60(39-50-21-25-57(92)26-22-50)82-72(100)63(46-91)85-70(98)61(40-52-24-23-51-17-7-8-19-58(51)52)83-71(99)62(44-56-45-77-47-80-56)84-69(97)59-27-28-68(96)81-59/h7-8,17,19,21-22,24-26,45,47-49,53-55,59-64,91H,6,9-16,18,20,23,27-44,46H2,1-5H3,(H10-,76,77,78,79,80,81,82,83,84,85,86,92,96,97,98,99,100,101)/p+1/t53-,54-,55+,59+,60+,61+,62+,63+,64+/m1/s1. The maximum atomic E-state index is 15.1. The number of nitrogens with one attached hydrogen (secondary N) is 8. The Morgan fingerprint density at radius 3 is 1.82 bits per heavy atom. The number of hydrogen-bond donors (Lipinski definition) is 11. The predicted octanol–water partition coefficient (Wildman–Crippen LogP) is 4.74.